The van der Waals surface area contributed by atoms with Crippen LogP contribution >= 0.6 is 0 Å². The Labute approximate surface area is 164 Å². The van der Waals surface area contributed by atoms with Crippen LogP contribution in [0.4, 0.5) is 11.5 Å². The van der Waals surface area contributed by atoms with Crippen molar-refractivity contribution >= 4 is 22.5 Å². The summed E-state index contributed by atoms with van der Waals surface area (Å²) in [4.78, 5) is 14.2. The van der Waals surface area contributed by atoms with Crippen LogP contribution in [0, 0.1) is 17.2 Å². The van der Waals surface area contributed by atoms with Gasteiger partial charge in [-0.25, -0.2) is 9.97 Å². The molecule has 1 fully saturated rings. The molecule has 7 heteroatoms. The number of piperidine rings is 1. The number of H-pyrrole nitrogens is 1. The molecule has 144 valence electrons. The van der Waals surface area contributed by atoms with Gasteiger partial charge in [-0.05, 0) is 56.6 Å². The highest BCUT2D eigenvalue weighted by Crippen LogP contribution is 2.25. The summed E-state index contributed by atoms with van der Waals surface area (Å²) in [5.41, 5.74) is 3.29. The second-order valence-electron chi connectivity index (χ2n) is 7.43. The average molecular weight is 375 g/mol. The predicted octanol–water partition coefficient (Wildman–Crippen LogP) is 3.20. The van der Waals surface area contributed by atoms with Crippen LogP contribution < -0.4 is 10.6 Å². The number of likely N-dealkylation sites (tertiary alicyclic amines) is 1. The van der Waals surface area contributed by atoms with Gasteiger partial charge in [0.15, 0.2) is 0 Å². The van der Waals surface area contributed by atoms with Crippen LogP contribution in [-0.2, 0) is 6.54 Å². The van der Waals surface area contributed by atoms with E-state index in [2.05, 4.69) is 49.7 Å². The number of hydrogen-bond acceptors (Lipinski definition) is 6. The molecule has 3 aromatic heterocycles. The summed E-state index contributed by atoms with van der Waals surface area (Å²) in [7, 11) is 2.19. The monoisotopic (exact) mass is 375 g/mol. The van der Waals surface area contributed by atoms with Crippen molar-refractivity contribution in [3.63, 3.8) is 0 Å². The van der Waals surface area contributed by atoms with E-state index in [1.807, 2.05) is 18.3 Å². The van der Waals surface area contributed by atoms with Crippen LogP contribution in [0.5, 0.6) is 0 Å². The number of hydrogen-bond donors (Lipinski definition) is 3. The van der Waals surface area contributed by atoms with Crippen LogP contribution in [0.15, 0.2) is 36.8 Å². The molecule has 7 nitrogen and oxygen atoms in total. The minimum atomic E-state index is 0.595. The van der Waals surface area contributed by atoms with Gasteiger partial charge in [-0.3, -0.25) is 0 Å². The van der Waals surface area contributed by atoms with Gasteiger partial charge in [0.1, 0.15) is 17.5 Å². The zero-order chi connectivity index (χ0) is 19.3. The Morgan fingerprint density at radius 2 is 2.07 bits per heavy atom. The first-order valence-corrected chi connectivity index (χ1v) is 9.70. The van der Waals surface area contributed by atoms with Crippen molar-refractivity contribution in [3.05, 3.63) is 47.9 Å². The molecule has 0 amide bonds. The molecule has 1 aliphatic heterocycles. The third-order valence-electron chi connectivity index (χ3n) is 5.41. The van der Waals surface area contributed by atoms with E-state index in [-0.39, 0.29) is 0 Å². The number of pyridine rings is 2. The van der Waals surface area contributed by atoms with E-state index in [1.54, 1.807) is 12.4 Å². The number of aromatic amines is 1. The summed E-state index contributed by atoms with van der Waals surface area (Å²) in [6, 6.07) is 8.21. The molecule has 4 rings (SSSR count). The van der Waals surface area contributed by atoms with Crippen LogP contribution in [-0.4, -0.2) is 46.5 Å². The van der Waals surface area contributed by atoms with Gasteiger partial charge in [0, 0.05) is 37.4 Å². The van der Waals surface area contributed by atoms with Crippen molar-refractivity contribution in [1.29, 1.82) is 5.26 Å². The number of nitrogens with zero attached hydrogens (tertiary/aromatic N) is 4. The predicted molar refractivity (Wildman–Crippen MR) is 111 cm³/mol. The number of fused-ring (bicyclic) bond motifs is 1. The van der Waals surface area contributed by atoms with Crippen molar-refractivity contribution in [2.75, 3.05) is 37.3 Å². The highest BCUT2D eigenvalue weighted by atomic mass is 15.1. The Bertz CT molecular complexity index is 963. The molecule has 0 aliphatic carbocycles. The number of nitriles is 1. The lowest BCUT2D eigenvalue weighted by Crippen LogP contribution is -2.33. The van der Waals surface area contributed by atoms with Gasteiger partial charge < -0.3 is 20.5 Å². The number of rotatable bonds is 6. The molecule has 1 aliphatic rings. The summed E-state index contributed by atoms with van der Waals surface area (Å²) >= 11 is 0. The molecule has 0 saturated carbocycles. The fourth-order valence-electron chi connectivity index (χ4n) is 3.64. The molecular formula is C21H25N7. The lowest BCUT2D eigenvalue weighted by Gasteiger charge is -2.29. The Morgan fingerprint density at radius 3 is 2.82 bits per heavy atom. The molecule has 28 heavy (non-hydrogen) atoms. The molecule has 0 aromatic carbocycles. The minimum Gasteiger partial charge on any atom is -0.380 e. The quantitative estimate of drug-likeness (QED) is 0.613. The van der Waals surface area contributed by atoms with Gasteiger partial charge in [-0.15, -0.1) is 0 Å². The Morgan fingerprint density at radius 1 is 1.21 bits per heavy atom. The summed E-state index contributed by atoms with van der Waals surface area (Å²) < 4.78 is 0. The maximum Gasteiger partial charge on any atom is 0.140 e. The molecule has 0 spiro atoms. The highest BCUT2D eigenvalue weighted by molar-refractivity contribution is 5.94. The molecule has 1 saturated heterocycles. The van der Waals surface area contributed by atoms with Crippen LogP contribution in [0.1, 0.15) is 24.0 Å². The number of nitrogens with one attached hydrogen (secondary N) is 3. The summed E-state index contributed by atoms with van der Waals surface area (Å²) in [6.45, 7) is 3.98. The maximum absolute atomic E-state index is 9.28. The first-order chi connectivity index (χ1) is 13.7. The van der Waals surface area contributed by atoms with Crippen molar-refractivity contribution in [3.8, 4) is 6.07 Å². The lowest BCUT2D eigenvalue weighted by molar-refractivity contribution is 0.226. The number of aromatic nitrogens is 3. The largest absolute Gasteiger partial charge is 0.380 e. The molecular weight excluding hydrogens is 350 g/mol. The Kier molecular flexibility index (Phi) is 5.40. The van der Waals surface area contributed by atoms with Gasteiger partial charge in [-0.2, -0.15) is 5.26 Å². The zero-order valence-corrected chi connectivity index (χ0v) is 16.1. The van der Waals surface area contributed by atoms with Gasteiger partial charge >= 0.3 is 0 Å². The smallest absolute Gasteiger partial charge is 0.140 e. The van der Waals surface area contributed by atoms with E-state index in [4.69, 9.17) is 0 Å². The topological polar surface area (TPSA) is 92.7 Å². The molecule has 3 N–H and O–H groups in total. The third-order valence-corrected chi connectivity index (χ3v) is 5.41. The first-order valence-electron chi connectivity index (χ1n) is 9.70. The molecule has 0 radical (unpaired) electrons. The normalized spacial score (nSPS) is 15.4. The highest BCUT2D eigenvalue weighted by Gasteiger charge is 2.16. The third kappa shape index (κ3) is 4.07. The average Bonchev–Trinajstić information content (AvgIpc) is 3.16. The fourth-order valence-corrected chi connectivity index (χ4v) is 3.64. The van der Waals surface area contributed by atoms with Crippen LogP contribution in [0.25, 0.3) is 11.0 Å². The van der Waals surface area contributed by atoms with E-state index in [9.17, 15) is 5.26 Å². The van der Waals surface area contributed by atoms with Gasteiger partial charge in [0.25, 0.3) is 0 Å². The van der Waals surface area contributed by atoms with Crippen LogP contribution in [0.2, 0.25) is 0 Å². The summed E-state index contributed by atoms with van der Waals surface area (Å²) in [5, 5.41) is 17.0. The second-order valence-corrected chi connectivity index (χ2v) is 7.43. The molecule has 0 unspecified atom stereocenters. The Hall–Kier alpha value is -3.11. The van der Waals surface area contributed by atoms with Gasteiger partial charge in [0.2, 0.25) is 0 Å². The summed E-state index contributed by atoms with van der Waals surface area (Å²) in [6.07, 6.45) is 7.81. The van der Waals surface area contributed by atoms with E-state index < -0.39 is 0 Å². The van der Waals surface area contributed by atoms with Crippen LogP contribution in [0.3, 0.4) is 0 Å². The molecule has 0 bridgehead atoms. The Balaban J connectivity index is 1.34. The molecule has 3 aromatic rings. The zero-order valence-electron chi connectivity index (χ0n) is 16.1. The summed E-state index contributed by atoms with van der Waals surface area (Å²) in [5.74, 6) is 1.65. The standard InChI is InChI=1S/C21H25N7/c1-28-8-5-15(6-9-28)11-25-19-3-2-16(13-26-19)12-24-18-4-7-23-21-20(18)17(10-22)14-27-21/h2-4,7,13-15H,5-6,8-9,11-12H2,1H3,(H,25,26)(H2,23,24,27). The minimum absolute atomic E-state index is 0.595. The maximum atomic E-state index is 9.28. The van der Waals surface area contributed by atoms with Crippen molar-refractivity contribution < 1.29 is 0 Å². The van der Waals surface area contributed by atoms with E-state index >= 15 is 0 Å². The molecule has 4 heterocycles. The van der Waals surface area contributed by atoms with E-state index in [0.29, 0.717) is 17.8 Å². The fraction of sp³-hybridized carbons (Fsp3) is 0.381. The van der Waals surface area contributed by atoms with Gasteiger partial charge in [0.05, 0.1) is 10.9 Å². The van der Waals surface area contributed by atoms with Gasteiger partial charge in [-0.1, -0.05) is 6.07 Å². The van der Waals surface area contributed by atoms with E-state index in [0.717, 1.165) is 34.9 Å². The lowest BCUT2D eigenvalue weighted by atomic mass is 9.97. The first kappa shape index (κ1) is 18.3. The second kappa shape index (κ2) is 8.28. The SMILES string of the molecule is CN1CCC(CNc2ccc(CNc3ccnc4[nH]cc(C#N)c34)cn2)CC1. The van der Waals surface area contributed by atoms with Crippen molar-refractivity contribution in [2.45, 2.75) is 19.4 Å². The van der Waals surface area contributed by atoms with Crippen molar-refractivity contribution in [1.82, 2.24) is 19.9 Å². The number of anilines is 2. The van der Waals surface area contributed by atoms with E-state index in [1.165, 1.54) is 25.9 Å². The van der Waals surface area contributed by atoms with Crippen molar-refractivity contribution in [2.24, 2.45) is 5.92 Å². The molecule has 0 atom stereocenters.